The molecular formula is C54H84N6O4. The van der Waals surface area contributed by atoms with Gasteiger partial charge in [0.1, 0.15) is 11.6 Å². The number of amides is 2. The van der Waals surface area contributed by atoms with E-state index in [1.807, 2.05) is 13.0 Å². The third-order valence-corrected chi connectivity index (χ3v) is 11.6. The Morgan fingerprint density at radius 1 is 0.781 bits per heavy atom. The minimum absolute atomic E-state index is 0.0301. The highest BCUT2D eigenvalue weighted by Crippen LogP contribution is 2.28. The van der Waals surface area contributed by atoms with Crippen molar-refractivity contribution in [3.8, 4) is 5.75 Å². The molecule has 0 aliphatic heterocycles. The Labute approximate surface area is 387 Å². The van der Waals surface area contributed by atoms with Crippen LogP contribution in [0.2, 0.25) is 0 Å². The van der Waals surface area contributed by atoms with Crippen LogP contribution in [0.4, 0.5) is 11.8 Å². The van der Waals surface area contributed by atoms with Gasteiger partial charge >= 0.3 is 0 Å². The number of nitrogens with one attached hydrogen (secondary N) is 2. The van der Waals surface area contributed by atoms with E-state index >= 15 is 0 Å². The smallest absolute Gasteiger partial charge is 0.251 e. The van der Waals surface area contributed by atoms with E-state index in [1.165, 1.54) is 33.4 Å². The number of benzene rings is 1. The predicted octanol–water partition coefficient (Wildman–Crippen LogP) is 12.1. The molecule has 0 radical (unpaired) electrons. The van der Waals surface area contributed by atoms with Gasteiger partial charge in [0.05, 0.1) is 19.8 Å². The van der Waals surface area contributed by atoms with Crippen molar-refractivity contribution in [3.63, 3.8) is 0 Å². The van der Waals surface area contributed by atoms with E-state index in [9.17, 15) is 14.7 Å². The first-order valence-electron chi connectivity index (χ1n) is 23.7. The first-order valence-corrected chi connectivity index (χ1v) is 23.7. The van der Waals surface area contributed by atoms with Gasteiger partial charge in [-0.3, -0.25) is 9.59 Å². The molecule has 1 atom stereocenters. The lowest BCUT2D eigenvalue weighted by Crippen LogP contribution is -2.36. The van der Waals surface area contributed by atoms with Crippen LogP contribution in [0, 0.1) is 6.92 Å². The SMILES string of the molecule is CCC[C@@H](CO)Nc1nc(N)nc(C)c1Cc1ccc(C(=O)NCCN(C)C(=O)CC/C(C)=C/CC/C(C)=C/CC/C(C)=C/CC/C=C(\C)CC/C=C(\C)CCC=C(C)C)cc1OC. The Bertz CT molecular complexity index is 1950. The standard InChI is InChI=1S/C54H84N6O4/c1-12-19-48(38-61)58-52-49(45(9)57-54(55)59-52)36-46-31-32-47(37-50(46)64-11)53(63)56-34-35-60(10)51(62)33-30-44(8)29-18-28-43(7)27-17-25-41(5)22-14-13-21-40(4)24-16-26-42(6)23-15-20-39(2)3/h20-22,26-27,29,31-32,37,48,61H,12-19,23-25,28,30,33-36,38H2,1-11H3,(H,56,63)(H3,55,57,58,59)/b40-21+,41-22+,42-26+,43-27+,44-29+/t48-/m0/s1. The van der Waals surface area contributed by atoms with Crippen molar-refractivity contribution in [1.82, 2.24) is 20.2 Å². The maximum Gasteiger partial charge on any atom is 0.251 e. The molecule has 5 N–H and O–H groups in total. The number of carbonyl (C=O) groups is 2. The molecule has 0 aliphatic rings. The Kier molecular flexibility index (Phi) is 26.7. The fourth-order valence-corrected chi connectivity index (χ4v) is 7.38. The molecule has 64 heavy (non-hydrogen) atoms. The number of carbonyl (C=O) groups excluding carboxylic acids is 2. The van der Waals surface area contributed by atoms with Gasteiger partial charge in [0.2, 0.25) is 11.9 Å². The molecule has 2 aromatic rings. The summed E-state index contributed by atoms with van der Waals surface area (Å²) in [6.45, 7) is 20.1. The van der Waals surface area contributed by atoms with Crippen molar-refractivity contribution in [1.29, 1.82) is 0 Å². The largest absolute Gasteiger partial charge is 0.496 e. The Morgan fingerprint density at radius 3 is 1.83 bits per heavy atom. The number of allylic oxidation sites excluding steroid dienone is 12. The van der Waals surface area contributed by atoms with Crippen LogP contribution < -0.4 is 21.1 Å². The molecule has 0 spiro atoms. The van der Waals surface area contributed by atoms with Gasteiger partial charge in [-0.05, 0) is 150 Å². The lowest BCUT2D eigenvalue weighted by atomic mass is 10.0. The van der Waals surface area contributed by atoms with Gasteiger partial charge in [0.25, 0.3) is 5.91 Å². The summed E-state index contributed by atoms with van der Waals surface area (Å²) >= 11 is 0. The maximum atomic E-state index is 13.1. The van der Waals surface area contributed by atoms with Gasteiger partial charge in [0.15, 0.2) is 0 Å². The van der Waals surface area contributed by atoms with Crippen LogP contribution in [0.5, 0.6) is 5.75 Å². The second-order valence-corrected chi connectivity index (χ2v) is 17.8. The number of aliphatic hydroxyl groups is 1. The van der Waals surface area contributed by atoms with Crippen LogP contribution in [-0.4, -0.2) is 71.7 Å². The highest BCUT2D eigenvalue weighted by molar-refractivity contribution is 5.94. The van der Waals surface area contributed by atoms with Gasteiger partial charge in [-0.2, -0.15) is 4.98 Å². The molecule has 0 unspecified atom stereocenters. The average molecular weight is 881 g/mol. The topological polar surface area (TPSA) is 143 Å². The second kappa shape index (κ2) is 31.0. The van der Waals surface area contributed by atoms with Crippen molar-refractivity contribution < 1.29 is 19.4 Å². The summed E-state index contributed by atoms with van der Waals surface area (Å²) in [5, 5.41) is 16.1. The molecule has 1 heterocycles. The van der Waals surface area contributed by atoms with Crippen molar-refractivity contribution in [2.75, 3.05) is 44.9 Å². The quantitative estimate of drug-likeness (QED) is 0.0449. The normalized spacial score (nSPS) is 13.2. The van der Waals surface area contributed by atoms with E-state index in [2.05, 4.69) is 112 Å². The number of anilines is 2. The third-order valence-electron chi connectivity index (χ3n) is 11.6. The third kappa shape index (κ3) is 22.6. The fourth-order valence-electron chi connectivity index (χ4n) is 7.38. The van der Waals surface area contributed by atoms with E-state index < -0.39 is 0 Å². The monoisotopic (exact) mass is 881 g/mol. The summed E-state index contributed by atoms with van der Waals surface area (Å²) in [6, 6.07) is 5.19. The summed E-state index contributed by atoms with van der Waals surface area (Å²) < 4.78 is 5.70. The van der Waals surface area contributed by atoms with Crippen LogP contribution in [0.1, 0.15) is 172 Å². The minimum Gasteiger partial charge on any atom is -0.496 e. The summed E-state index contributed by atoms with van der Waals surface area (Å²) in [5.41, 5.74) is 17.3. The van der Waals surface area contributed by atoms with Crippen LogP contribution in [0.15, 0.2) is 88.1 Å². The molecule has 2 amide bonds. The van der Waals surface area contributed by atoms with Gasteiger partial charge in [-0.1, -0.05) is 89.3 Å². The van der Waals surface area contributed by atoms with Crippen molar-refractivity contribution in [2.45, 2.75) is 165 Å². The number of aliphatic hydroxyl groups excluding tert-OH is 1. The average Bonchev–Trinajstić information content (AvgIpc) is 3.25. The van der Waals surface area contributed by atoms with Crippen LogP contribution in [0.25, 0.3) is 0 Å². The summed E-state index contributed by atoms with van der Waals surface area (Å²) in [5.74, 6) is 1.10. The first-order chi connectivity index (χ1) is 30.6. The Hall–Kier alpha value is -4.96. The first kappa shape index (κ1) is 55.2. The number of aryl methyl sites for hydroxylation is 1. The van der Waals surface area contributed by atoms with Crippen molar-refractivity contribution >= 4 is 23.6 Å². The maximum absolute atomic E-state index is 13.1. The van der Waals surface area contributed by atoms with E-state index in [-0.39, 0.29) is 30.4 Å². The number of rotatable bonds is 30. The molecule has 0 bridgehead atoms. The predicted molar refractivity (Wildman–Crippen MR) is 270 cm³/mol. The zero-order chi connectivity index (χ0) is 47.4. The number of aromatic nitrogens is 2. The highest BCUT2D eigenvalue weighted by atomic mass is 16.5. The van der Waals surface area contributed by atoms with E-state index in [0.717, 1.165) is 100 Å². The summed E-state index contributed by atoms with van der Waals surface area (Å²) in [7, 11) is 3.35. The van der Waals surface area contributed by atoms with E-state index in [4.69, 9.17) is 10.5 Å². The van der Waals surface area contributed by atoms with Gasteiger partial charge in [-0.15, -0.1) is 0 Å². The van der Waals surface area contributed by atoms with Crippen LogP contribution in [-0.2, 0) is 11.2 Å². The Balaban J connectivity index is 1.73. The number of nitrogens with two attached hydrogens (primary N) is 1. The second-order valence-electron chi connectivity index (χ2n) is 17.8. The number of nitrogen functional groups attached to an aromatic ring is 1. The molecule has 1 aromatic carbocycles. The number of nitrogens with zero attached hydrogens (tertiary/aromatic N) is 3. The van der Waals surface area contributed by atoms with Crippen molar-refractivity contribution in [3.05, 3.63) is 110 Å². The van der Waals surface area contributed by atoms with Crippen LogP contribution in [0.3, 0.4) is 0 Å². The molecule has 0 fully saturated rings. The lowest BCUT2D eigenvalue weighted by Gasteiger charge is -2.20. The molecule has 354 valence electrons. The molecular weight excluding hydrogens is 797 g/mol. The van der Waals surface area contributed by atoms with Gasteiger partial charge in [-0.25, -0.2) is 4.98 Å². The number of likely N-dealkylation sites (N-methyl/N-ethyl adjacent to an activating group) is 1. The molecule has 0 saturated carbocycles. The number of unbranched alkanes of at least 4 members (excludes halogenated alkanes) is 1. The molecule has 0 aliphatic carbocycles. The Morgan fingerprint density at radius 2 is 1.31 bits per heavy atom. The summed E-state index contributed by atoms with van der Waals surface area (Å²) in [6.07, 6.45) is 28.4. The lowest BCUT2D eigenvalue weighted by molar-refractivity contribution is -0.129. The zero-order valence-electron chi connectivity index (χ0n) is 41.6. The van der Waals surface area contributed by atoms with Crippen molar-refractivity contribution in [2.24, 2.45) is 0 Å². The van der Waals surface area contributed by atoms with E-state index in [1.54, 1.807) is 31.2 Å². The minimum atomic E-state index is -0.246. The molecule has 2 rings (SSSR count). The molecule has 10 nitrogen and oxygen atoms in total. The zero-order valence-corrected chi connectivity index (χ0v) is 41.6. The molecule has 1 aromatic heterocycles. The molecule has 0 saturated heterocycles. The highest BCUT2D eigenvalue weighted by Gasteiger charge is 2.18. The molecule has 10 heteroatoms. The van der Waals surface area contributed by atoms with Crippen LogP contribution >= 0.6 is 0 Å². The van der Waals surface area contributed by atoms with E-state index in [0.29, 0.717) is 43.1 Å². The fraction of sp³-hybridized carbons (Fsp3) is 0.556. The number of ether oxygens (including phenoxy) is 1. The number of methoxy groups -OCH3 is 1. The number of hydrogen-bond donors (Lipinski definition) is 4. The van der Waals surface area contributed by atoms with Gasteiger partial charge in [0, 0.05) is 49.8 Å². The number of hydrogen-bond acceptors (Lipinski definition) is 8. The van der Waals surface area contributed by atoms with Gasteiger partial charge < -0.3 is 31.1 Å². The summed E-state index contributed by atoms with van der Waals surface area (Å²) in [4.78, 5) is 36.5.